The molecule has 0 fully saturated rings. The molecule has 0 spiro atoms. The van der Waals surface area contributed by atoms with Gasteiger partial charge in [0.15, 0.2) is 0 Å². The molecule has 0 aliphatic heterocycles. The van der Waals surface area contributed by atoms with Crippen LogP contribution in [0.4, 0.5) is 5.69 Å². The quantitative estimate of drug-likeness (QED) is 0.713. The summed E-state index contributed by atoms with van der Waals surface area (Å²) in [6, 6.07) is 18.2. The van der Waals surface area contributed by atoms with Crippen LogP contribution in [0, 0.1) is 6.92 Å². The lowest BCUT2D eigenvalue weighted by Crippen LogP contribution is -2.22. The van der Waals surface area contributed by atoms with Crippen molar-refractivity contribution in [3.8, 4) is 0 Å². The standard InChI is InChI=1S/C21H20N2O3/c1-15-5-2-3-6-17(15)13-20(24)23-18-10-8-16(9-11-18)21(25)22-14-19-7-4-12-26-19/h2-12H,13-14H2,1H3,(H,22,25)(H,23,24). The average Bonchev–Trinajstić information content (AvgIpc) is 3.16. The largest absolute Gasteiger partial charge is 0.467 e. The normalized spacial score (nSPS) is 10.3. The summed E-state index contributed by atoms with van der Waals surface area (Å²) >= 11 is 0. The Kier molecular flexibility index (Phi) is 5.49. The molecule has 2 amide bonds. The highest BCUT2D eigenvalue weighted by atomic mass is 16.3. The number of carbonyl (C=O) groups excluding carboxylic acids is 2. The first kappa shape index (κ1) is 17.5. The molecule has 0 radical (unpaired) electrons. The van der Waals surface area contributed by atoms with Gasteiger partial charge in [-0.25, -0.2) is 0 Å². The van der Waals surface area contributed by atoms with Crippen molar-refractivity contribution >= 4 is 17.5 Å². The Balaban J connectivity index is 1.54. The van der Waals surface area contributed by atoms with Gasteiger partial charge < -0.3 is 15.1 Å². The van der Waals surface area contributed by atoms with Gasteiger partial charge in [0, 0.05) is 11.3 Å². The molecular formula is C21H20N2O3. The molecule has 0 saturated carbocycles. The third kappa shape index (κ3) is 4.60. The van der Waals surface area contributed by atoms with Gasteiger partial charge in [-0.3, -0.25) is 9.59 Å². The van der Waals surface area contributed by atoms with E-state index >= 15 is 0 Å². The van der Waals surface area contributed by atoms with Crippen molar-refractivity contribution in [2.75, 3.05) is 5.32 Å². The monoisotopic (exact) mass is 348 g/mol. The smallest absolute Gasteiger partial charge is 0.251 e. The fourth-order valence-electron chi connectivity index (χ4n) is 2.57. The van der Waals surface area contributed by atoms with Crippen molar-refractivity contribution in [3.63, 3.8) is 0 Å². The van der Waals surface area contributed by atoms with Gasteiger partial charge in [-0.1, -0.05) is 24.3 Å². The SMILES string of the molecule is Cc1ccccc1CC(=O)Nc1ccc(C(=O)NCc2ccco2)cc1. The van der Waals surface area contributed by atoms with Gasteiger partial charge in [-0.2, -0.15) is 0 Å². The zero-order valence-corrected chi connectivity index (χ0v) is 14.5. The van der Waals surface area contributed by atoms with E-state index in [1.54, 1.807) is 42.7 Å². The number of carbonyl (C=O) groups is 2. The Bertz CT molecular complexity index is 884. The summed E-state index contributed by atoms with van der Waals surface area (Å²) in [5.41, 5.74) is 3.27. The minimum Gasteiger partial charge on any atom is -0.467 e. The first-order valence-electron chi connectivity index (χ1n) is 8.37. The maximum Gasteiger partial charge on any atom is 0.251 e. The summed E-state index contributed by atoms with van der Waals surface area (Å²) in [5, 5.41) is 5.63. The highest BCUT2D eigenvalue weighted by Crippen LogP contribution is 2.12. The fourth-order valence-corrected chi connectivity index (χ4v) is 2.57. The van der Waals surface area contributed by atoms with E-state index in [0.717, 1.165) is 11.1 Å². The predicted molar refractivity (Wildman–Crippen MR) is 99.8 cm³/mol. The zero-order valence-electron chi connectivity index (χ0n) is 14.5. The second-order valence-electron chi connectivity index (χ2n) is 5.99. The summed E-state index contributed by atoms with van der Waals surface area (Å²) in [4.78, 5) is 24.3. The van der Waals surface area contributed by atoms with Gasteiger partial charge in [0.05, 0.1) is 19.2 Å². The molecule has 0 bridgehead atoms. The van der Waals surface area contributed by atoms with E-state index in [4.69, 9.17) is 4.42 Å². The van der Waals surface area contributed by atoms with Crippen LogP contribution in [-0.4, -0.2) is 11.8 Å². The number of rotatable bonds is 6. The second kappa shape index (κ2) is 8.16. The molecule has 1 heterocycles. The first-order valence-corrected chi connectivity index (χ1v) is 8.37. The molecular weight excluding hydrogens is 328 g/mol. The van der Waals surface area contributed by atoms with E-state index in [2.05, 4.69) is 10.6 Å². The summed E-state index contributed by atoms with van der Waals surface area (Å²) in [7, 11) is 0. The van der Waals surface area contributed by atoms with Crippen molar-refractivity contribution in [3.05, 3.63) is 89.4 Å². The lowest BCUT2D eigenvalue weighted by Gasteiger charge is -2.08. The average molecular weight is 348 g/mol. The molecule has 0 unspecified atom stereocenters. The number of anilines is 1. The lowest BCUT2D eigenvalue weighted by atomic mass is 10.1. The molecule has 0 aliphatic carbocycles. The Labute approximate surface area is 152 Å². The molecule has 2 aromatic carbocycles. The highest BCUT2D eigenvalue weighted by molar-refractivity contribution is 5.96. The van der Waals surface area contributed by atoms with E-state index in [9.17, 15) is 9.59 Å². The van der Waals surface area contributed by atoms with Crippen LogP contribution in [-0.2, 0) is 17.8 Å². The number of benzene rings is 2. The summed E-state index contributed by atoms with van der Waals surface area (Å²) in [6.07, 6.45) is 1.88. The number of hydrogen-bond acceptors (Lipinski definition) is 3. The van der Waals surface area contributed by atoms with Gasteiger partial charge >= 0.3 is 0 Å². The second-order valence-corrected chi connectivity index (χ2v) is 5.99. The van der Waals surface area contributed by atoms with E-state index in [1.807, 2.05) is 31.2 Å². The van der Waals surface area contributed by atoms with Gasteiger partial charge in [0.2, 0.25) is 5.91 Å². The molecule has 3 rings (SSSR count). The van der Waals surface area contributed by atoms with Crippen LogP contribution in [0.2, 0.25) is 0 Å². The number of furan rings is 1. The van der Waals surface area contributed by atoms with Crippen LogP contribution in [0.25, 0.3) is 0 Å². The molecule has 3 aromatic rings. The Morgan fingerprint density at radius 3 is 2.42 bits per heavy atom. The highest BCUT2D eigenvalue weighted by Gasteiger charge is 2.09. The Hall–Kier alpha value is -3.34. The molecule has 0 aliphatic rings. The Morgan fingerprint density at radius 1 is 0.962 bits per heavy atom. The van der Waals surface area contributed by atoms with Crippen molar-refractivity contribution in [2.24, 2.45) is 0 Å². The summed E-state index contributed by atoms with van der Waals surface area (Å²) in [6.45, 7) is 2.32. The van der Waals surface area contributed by atoms with Crippen molar-refractivity contribution in [1.29, 1.82) is 0 Å². The Morgan fingerprint density at radius 2 is 1.73 bits per heavy atom. The van der Waals surface area contributed by atoms with E-state index in [0.29, 0.717) is 30.0 Å². The van der Waals surface area contributed by atoms with Crippen LogP contribution in [0.15, 0.2) is 71.3 Å². The van der Waals surface area contributed by atoms with E-state index < -0.39 is 0 Å². The van der Waals surface area contributed by atoms with Crippen LogP contribution >= 0.6 is 0 Å². The minimum absolute atomic E-state index is 0.0886. The number of hydrogen-bond donors (Lipinski definition) is 2. The fraction of sp³-hybridized carbons (Fsp3) is 0.143. The lowest BCUT2D eigenvalue weighted by molar-refractivity contribution is -0.115. The maximum absolute atomic E-state index is 12.2. The molecule has 2 N–H and O–H groups in total. The molecule has 1 aromatic heterocycles. The topological polar surface area (TPSA) is 71.3 Å². The van der Waals surface area contributed by atoms with Gasteiger partial charge in [-0.15, -0.1) is 0 Å². The first-order chi connectivity index (χ1) is 12.6. The molecule has 0 atom stereocenters. The van der Waals surface area contributed by atoms with Crippen molar-refractivity contribution in [1.82, 2.24) is 5.32 Å². The van der Waals surface area contributed by atoms with Gasteiger partial charge in [-0.05, 0) is 54.4 Å². The van der Waals surface area contributed by atoms with Crippen LogP contribution in [0.5, 0.6) is 0 Å². The van der Waals surface area contributed by atoms with Gasteiger partial charge in [0.1, 0.15) is 5.76 Å². The zero-order chi connectivity index (χ0) is 18.4. The number of nitrogens with one attached hydrogen (secondary N) is 2. The molecule has 5 heteroatoms. The van der Waals surface area contributed by atoms with Crippen LogP contribution in [0.1, 0.15) is 27.2 Å². The summed E-state index contributed by atoms with van der Waals surface area (Å²) < 4.78 is 5.18. The number of amides is 2. The molecule has 132 valence electrons. The minimum atomic E-state index is -0.195. The predicted octanol–water partition coefficient (Wildman–Crippen LogP) is 3.70. The van der Waals surface area contributed by atoms with E-state index in [1.165, 1.54) is 0 Å². The molecule has 5 nitrogen and oxygen atoms in total. The van der Waals surface area contributed by atoms with E-state index in [-0.39, 0.29) is 11.8 Å². The third-order valence-electron chi connectivity index (χ3n) is 4.05. The van der Waals surface area contributed by atoms with Gasteiger partial charge in [0.25, 0.3) is 5.91 Å². The van der Waals surface area contributed by atoms with Crippen molar-refractivity contribution < 1.29 is 14.0 Å². The van der Waals surface area contributed by atoms with Crippen molar-refractivity contribution in [2.45, 2.75) is 19.9 Å². The van der Waals surface area contributed by atoms with Crippen LogP contribution < -0.4 is 10.6 Å². The maximum atomic E-state index is 12.2. The number of aryl methyl sites for hydroxylation is 1. The van der Waals surface area contributed by atoms with Crippen LogP contribution in [0.3, 0.4) is 0 Å². The molecule has 0 saturated heterocycles. The molecule has 26 heavy (non-hydrogen) atoms. The summed E-state index contributed by atoms with van der Waals surface area (Å²) in [5.74, 6) is 0.409. The third-order valence-corrected chi connectivity index (χ3v) is 4.05.